The fourth-order valence-electron chi connectivity index (χ4n) is 7.49. The molecule has 6 rings (SSSR count). The Morgan fingerprint density at radius 1 is 0.552 bits per heavy atom. The average molecular weight is 787 g/mol. The summed E-state index contributed by atoms with van der Waals surface area (Å²) in [7, 11) is 9.06. The Labute approximate surface area is 334 Å². The number of Topliss-reactive ketones (excluding diaryl/α,β-unsaturated/α-hetero) is 1. The molecule has 296 valence electrons. The molecule has 0 amide bonds. The molecule has 0 unspecified atom stereocenters. The lowest BCUT2D eigenvalue weighted by Crippen LogP contribution is -2.26. The zero-order chi connectivity index (χ0) is 41.8. The SMILES string of the molecule is COc1cc(C=C2C(C)=C(CC(=[N+]=[N-])C(=O)C(CC3=C(C)C(=Cc4cc(OC)c(OC)c(OC)c4)c4ccc(F)cc43)=[N+]=[N-])c3cc(F)ccc32)cc(OC)c1OC. The van der Waals surface area contributed by atoms with E-state index in [9.17, 15) is 24.6 Å². The lowest BCUT2D eigenvalue weighted by Gasteiger charge is -2.13. The van der Waals surface area contributed by atoms with Gasteiger partial charge in [-0.15, -0.1) is 0 Å². The van der Waals surface area contributed by atoms with E-state index >= 15 is 0 Å². The van der Waals surface area contributed by atoms with Crippen molar-refractivity contribution in [2.24, 2.45) is 0 Å². The number of carbonyl (C=O) groups excluding carboxylic acids is 1. The molecule has 0 heterocycles. The second-order valence-electron chi connectivity index (χ2n) is 13.4. The minimum atomic E-state index is -0.856. The first-order chi connectivity index (χ1) is 27.9. The van der Waals surface area contributed by atoms with Crippen molar-refractivity contribution in [1.29, 1.82) is 0 Å². The first-order valence-electron chi connectivity index (χ1n) is 18.0. The van der Waals surface area contributed by atoms with Gasteiger partial charge < -0.3 is 39.5 Å². The van der Waals surface area contributed by atoms with E-state index in [0.29, 0.717) is 90.2 Å². The minimum absolute atomic E-state index is 0.237. The van der Waals surface area contributed by atoms with Gasteiger partial charge in [0.2, 0.25) is 11.5 Å². The van der Waals surface area contributed by atoms with E-state index in [1.54, 1.807) is 36.4 Å². The van der Waals surface area contributed by atoms with Gasteiger partial charge in [-0.1, -0.05) is 12.1 Å². The monoisotopic (exact) mass is 786 g/mol. The van der Waals surface area contributed by atoms with Crippen LogP contribution in [0.15, 0.2) is 71.8 Å². The molecule has 0 saturated heterocycles. The van der Waals surface area contributed by atoms with Gasteiger partial charge in [-0.25, -0.2) is 8.78 Å². The standard InChI is InChI=1S/C45H40F2N4O7/c1-23-31(13-25-15-39(53-3)44(57-7)40(16-25)54-4)29-11-9-27(46)19-35(29)33(23)21-37(50-48)43(52)38(51-49)22-34-24(2)32(30-12-10-28(47)20-36(30)34)14-26-17-41(55-5)45(58-8)42(18-26)56-6/h9-20H,21-22H2,1-8H3. The van der Waals surface area contributed by atoms with Crippen molar-refractivity contribution in [1.82, 2.24) is 0 Å². The molecule has 0 aromatic heterocycles. The highest BCUT2D eigenvalue weighted by atomic mass is 19.1. The van der Waals surface area contributed by atoms with Crippen LogP contribution in [0.25, 0.3) is 45.5 Å². The number of fused-ring (bicyclic) bond motifs is 2. The van der Waals surface area contributed by atoms with E-state index < -0.39 is 17.4 Å². The number of carbonyl (C=O) groups is 1. The van der Waals surface area contributed by atoms with E-state index in [2.05, 4.69) is 9.58 Å². The number of nitrogens with zero attached hydrogens (tertiary/aromatic N) is 4. The highest BCUT2D eigenvalue weighted by molar-refractivity contribution is 6.65. The Hall–Kier alpha value is -7.07. The summed E-state index contributed by atoms with van der Waals surface area (Å²) >= 11 is 0. The predicted molar refractivity (Wildman–Crippen MR) is 217 cm³/mol. The Kier molecular flexibility index (Phi) is 11.9. The third kappa shape index (κ3) is 7.44. The zero-order valence-electron chi connectivity index (χ0n) is 33.2. The van der Waals surface area contributed by atoms with Crippen LogP contribution in [-0.4, -0.2) is 69.4 Å². The summed E-state index contributed by atoms with van der Waals surface area (Å²) in [6.07, 6.45) is 3.27. The van der Waals surface area contributed by atoms with Gasteiger partial charge in [0.1, 0.15) is 11.6 Å². The molecule has 11 nitrogen and oxygen atoms in total. The molecule has 2 aliphatic rings. The molecule has 4 aromatic rings. The number of ether oxygens (including phenoxy) is 6. The van der Waals surface area contributed by atoms with Gasteiger partial charge in [0, 0.05) is 0 Å². The lowest BCUT2D eigenvalue weighted by atomic mass is 9.93. The normalized spacial score (nSPS) is 14.2. The molecule has 0 bridgehead atoms. The third-order valence-electron chi connectivity index (χ3n) is 10.4. The van der Waals surface area contributed by atoms with Crippen LogP contribution >= 0.6 is 0 Å². The van der Waals surface area contributed by atoms with Gasteiger partial charge in [-0.2, -0.15) is 9.58 Å². The first kappa shape index (κ1) is 40.6. The van der Waals surface area contributed by atoms with Gasteiger partial charge in [-0.05, 0) is 141 Å². The number of benzene rings is 4. The van der Waals surface area contributed by atoms with Gasteiger partial charge in [0.05, 0.1) is 55.5 Å². The molecule has 0 fully saturated rings. The van der Waals surface area contributed by atoms with E-state index in [-0.39, 0.29) is 24.3 Å². The number of halogens is 2. The first-order valence-corrected chi connectivity index (χ1v) is 18.0. The van der Waals surface area contributed by atoms with E-state index in [0.717, 1.165) is 11.1 Å². The predicted octanol–water partition coefficient (Wildman–Crippen LogP) is 9.06. The summed E-state index contributed by atoms with van der Waals surface area (Å²) in [4.78, 5) is 20.8. The van der Waals surface area contributed by atoms with Crippen LogP contribution in [0, 0.1) is 11.6 Å². The van der Waals surface area contributed by atoms with Crippen LogP contribution in [0.2, 0.25) is 0 Å². The molecule has 0 spiro atoms. The van der Waals surface area contributed by atoms with Crippen LogP contribution in [0.3, 0.4) is 0 Å². The molecule has 0 N–H and O–H groups in total. The molecular weight excluding hydrogens is 747 g/mol. The van der Waals surface area contributed by atoms with Crippen molar-refractivity contribution in [3.63, 3.8) is 0 Å². The molecule has 58 heavy (non-hydrogen) atoms. The Balaban J connectivity index is 1.37. The van der Waals surface area contributed by atoms with Crippen molar-refractivity contribution in [2.75, 3.05) is 42.7 Å². The molecular formula is C45H40F2N4O7. The highest BCUT2D eigenvalue weighted by Crippen LogP contribution is 2.47. The minimum Gasteiger partial charge on any atom is -0.493 e. The number of allylic oxidation sites excluding steroid dienone is 6. The van der Waals surface area contributed by atoms with Crippen molar-refractivity contribution in [2.45, 2.75) is 26.7 Å². The summed E-state index contributed by atoms with van der Waals surface area (Å²) in [5.41, 5.74) is 27.4. The maximum Gasteiger partial charge on any atom is 0.351 e. The maximum atomic E-state index is 14.8. The zero-order valence-corrected chi connectivity index (χ0v) is 33.2. The van der Waals surface area contributed by atoms with Crippen LogP contribution in [0.4, 0.5) is 8.78 Å². The van der Waals surface area contributed by atoms with E-state index in [1.807, 2.05) is 26.0 Å². The van der Waals surface area contributed by atoms with Crippen LogP contribution in [0.5, 0.6) is 34.5 Å². The van der Waals surface area contributed by atoms with E-state index in [1.165, 1.54) is 66.9 Å². The molecule has 0 aliphatic heterocycles. The summed E-state index contributed by atoms with van der Waals surface area (Å²) in [5, 5.41) is 0. The van der Waals surface area contributed by atoms with Crippen molar-refractivity contribution < 1.29 is 51.6 Å². The van der Waals surface area contributed by atoms with Gasteiger partial charge >= 0.3 is 17.2 Å². The average Bonchev–Trinajstić information content (AvgIpc) is 3.63. The number of ketones is 1. The fraction of sp³-hybridized carbons (Fsp3) is 0.222. The van der Waals surface area contributed by atoms with Crippen molar-refractivity contribution in [3.05, 3.63) is 128 Å². The van der Waals surface area contributed by atoms with Crippen LogP contribution in [-0.2, 0) is 4.79 Å². The van der Waals surface area contributed by atoms with Crippen molar-refractivity contribution >= 4 is 51.7 Å². The summed E-state index contributed by atoms with van der Waals surface area (Å²) in [5.74, 6) is 0.712. The summed E-state index contributed by atoms with van der Waals surface area (Å²) < 4.78 is 62.7. The Bertz CT molecular complexity index is 2380. The molecule has 0 atom stereocenters. The summed E-state index contributed by atoms with van der Waals surface area (Å²) in [6.45, 7) is 3.63. The maximum absolute atomic E-state index is 14.8. The van der Waals surface area contributed by atoms with Crippen LogP contribution < -0.4 is 28.4 Å². The molecule has 0 radical (unpaired) electrons. The topological polar surface area (TPSA) is 145 Å². The molecule has 0 saturated carbocycles. The largest absolute Gasteiger partial charge is 0.493 e. The molecule has 13 heteroatoms. The lowest BCUT2D eigenvalue weighted by molar-refractivity contribution is -0.116. The molecule has 2 aliphatic carbocycles. The van der Waals surface area contributed by atoms with Gasteiger partial charge in [-0.3, -0.25) is 4.79 Å². The van der Waals surface area contributed by atoms with Crippen molar-refractivity contribution in [3.8, 4) is 34.5 Å². The number of methoxy groups -OCH3 is 6. The second kappa shape index (κ2) is 17.0. The van der Waals surface area contributed by atoms with E-state index in [4.69, 9.17) is 28.4 Å². The number of hydrogen-bond donors (Lipinski definition) is 0. The second-order valence-corrected chi connectivity index (χ2v) is 13.4. The third-order valence-corrected chi connectivity index (χ3v) is 10.4. The number of rotatable bonds is 14. The van der Waals surface area contributed by atoms with Crippen LogP contribution in [0.1, 0.15) is 60.1 Å². The fourth-order valence-corrected chi connectivity index (χ4v) is 7.49. The van der Waals surface area contributed by atoms with Gasteiger partial charge in [0.15, 0.2) is 23.0 Å². The smallest absolute Gasteiger partial charge is 0.351 e. The Morgan fingerprint density at radius 3 is 1.19 bits per heavy atom. The summed E-state index contributed by atoms with van der Waals surface area (Å²) in [6, 6.07) is 15.7. The molecule has 4 aromatic carbocycles. The quantitative estimate of drug-likeness (QED) is 0.0704. The number of hydrogen-bond acceptors (Lipinski definition) is 7. The Morgan fingerprint density at radius 2 is 0.897 bits per heavy atom. The van der Waals surface area contributed by atoms with Gasteiger partial charge in [0.25, 0.3) is 0 Å². The highest BCUT2D eigenvalue weighted by Gasteiger charge is 2.38.